The number of para-hydroxylation sites is 1. The Hall–Kier alpha value is -3.14. The largest absolute Gasteiger partial charge is 0.314 e. The lowest BCUT2D eigenvalue weighted by atomic mass is 10.2. The SMILES string of the molecule is CCCn1c(=NC(=O)c2ccc(S(=O)(=O)N(CC)Cc3ccccc3)cc2)sc2cccc(F)c21. The molecule has 1 aromatic heterocycles. The predicted molar refractivity (Wildman–Crippen MR) is 136 cm³/mol. The highest BCUT2D eigenvalue weighted by Gasteiger charge is 2.23. The minimum absolute atomic E-state index is 0.108. The summed E-state index contributed by atoms with van der Waals surface area (Å²) >= 11 is 1.25. The summed E-state index contributed by atoms with van der Waals surface area (Å²) in [4.78, 5) is 17.7. The first-order valence-corrected chi connectivity index (χ1v) is 13.6. The molecule has 4 rings (SSSR count). The second-order valence-electron chi connectivity index (χ2n) is 7.98. The van der Waals surface area contributed by atoms with Crippen LogP contribution in [-0.4, -0.2) is 29.7 Å². The van der Waals surface area contributed by atoms with Crippen molar-refractivity contribution >= 4 is 37.5 Å². The molecule has 0 saturated heterocycles. The summed E-state index contributed by atoms with van der Waals surface area (Å²) in [5.74, 6) is -0.867. The number of aryl methyl sites for hydroxylation is 1. The van der Waals surface area contributed by atoms with Crippen molar-refractivity contribution in [2.75, 3.05) is 6.54 Å². The number of nitrogens with zero attached hydrogens (tertiary/aromatic N) is 3. The highest BCUT2D eigenvalue weighted by molar-refractivity contribution is 7.89. The van der Waals surface area contributed by atoms with Crippen LogP contribution in [0.2, 0.25) is 0 Å². The summed E-state index contributed by atoms with van der Waals surface area (Å²) < 4.78 is 44.6. The van der Waals surface area contributed by atoms with Crippen molar-refractivity contribution in [3.8, 4) is 0 Å². The fourth-order valence-electron chi connectivity index (χ4n) is 3.83. The van der Waals surface area contributed by atoms with Crippen LogP contribution < -0.4 is 4.80 Å². The maximum Gasteiger partial charge on any atom is 0.279 e. The van der Waals surface area contributed by atoms with Gasteiger partial charge in [0, 0.05) is 25.2 Å². The van der Waals surface area contributed by atoms with Crippen LogP contribution in [0.1, 0.15) is 36.2 Å². The van der Waals surface area contributed by atoms with Gasteiger partial charge < -0.3 is 4.57 Å². The minimum atomic E-state index is -3.74. The zero-order valence-corrected chi connectivity index (χ0v) is 21.2. The fourth-order valence-corrected chi connectivity index (χ4v) is 6.33. The van der Waals surface area contributed by atoms with Gasteiger partial charge in [-0.1, -0.05) is 61.6 Å². The maximum absolute atomic E-state index is 14.4. The summed E-state index contributed by atoms with van der Waals surface area (Å²) in [7, 11) is -3.74. The van der Waals surface area contributed by atoms with Gasteiger partial charge in [-0.15, -0.1) is 0 Å². The average Bonchev–Trinajstić information content (AvgIpc) is 3.21. The van der Waals surface area contributed by atoms with Crippen molar-refractivity contribution in [3.63, 3.8) is 0 Å². The topological polar surface area (TPSA) is 71.7 Å². The Balaban J connectivity index is 1.63. The van der Waals surface area contributed by atoms with E-state index >= 15 is 0 Å². The van der Waals surface area contributed by atoms with Crippen molar-refractivity contribution < 1.29 is 17.6 Å². The number of rotatable bonds is 8. The number of amides is 1. The molecule has 0 radical (unpaired) electrons. The molecule has 0 spiro atoms. The number of halogens is 1. The van der Waals surface area contributed by atoms with Crippen molar-refractivity contribution in [3.05, 3.63) is 94.5 Å². The van der Waals surface area contributed by atoms with Gasteiger partial charge in [0.05, 0.1) is 15.1 Å². The van der Waals surface area contributed by atoms with E-state index in [1.807, 2.05) is 37.3 Å². The molecule has 0 aliphatic heterocycles. The van der Waals surface area contributed by atoms with Crippen LogP contribution in [0.4, 0.5) is 4.39 Å². The Morgan fingerprint density at radius 2 is 1.71 bits per heavy atom. The van der Waals surface area contributed by atoms with E-state index in [1.54, 1.807) is 23.6 Å². The Morgan fingerprint density at radius 1 is 1.00 bits per heavy atom. The minimum Gasteiger partial charge on any atom is -0.314 e. The normalized spacial score (nSPS) is 12.5. The molecule has 3 aromatic carbocycles. The van der Waals surface area contributed by atoms with Crippen molar-refractivity contribution in [2.24, 2.45) is 4.99 Å². The quantitative estimate of drug-likeness (QED) is 0.326. The third-order valence-corrected chi connectivity index (χ3v) is 8.57. The van der Waals surface area contributed by atoms with E-state index in [0.29, 0.717) is 28.1 Å². The molecule has 0 N–H and O–H groups in total. The molecule has 1 heterocycles. The van der Waals surface area contributed by atoms with Crippen LogP contribution in [0.15, 0.2) is 82.7 Å². The molecule has 6 nitrogen and oxygen atoms in total. The van der Waals surface area contributed by atoms with Crippen molar-refractivity contribution in [1.82, 2.24) is 8.87 Å². The van der Waals surface area contributed by atoms with Crippen LogP contribution in [0, 0.1) is 5.82 Å². The van der Waals surface area contributed by atoms with Gasteiger partial charge in [-0.2, -0.15) is 9.30 Å². The van der Waals surface area contributed by atoms with Gasteiger partial charge in [0.1, 0.15) is 5.82 Å². The van der Waals surface area contributed by atoms with Crippen LogP contribution >= 0.6 is 11.3 Å². The highest BCUT2D eigenvalue weighted by atomic mass is 32.2. The zero-order valence-electron chi connectivity index (χ0n) is 19.5. The van der Waals surface area contributed by atoms with Gasteiger partial charge in [-0.25, -0.2) is 12.8 Å². The molecule has 0 bridgehead atoms. The molecule has 4 aromatic rings. The number of hydrogen-bond donors (Lipinski definition) is 0. The number of fused-ring (bicyclic) bond motifs is 1. The number of benzene rings is 3. The average molecular weight is 512 g/mol. The lowest BCUT2D eigenvalue weighted by Crippen LogP contribution is -2.30. The highest BCUT2D eigenvalue weighted by Crippen LogP contribution is 2.22. The number of sulfonamides is 1. The van der Waals surface area contributed by atoms with E-state index in [9.17, 15) is 17.6 Å². The second-order valence-corrected chi connectivity index (χ2v) is 10.9. The van der Waals surface area contributed by atoms with Gasteiger partial charge in [0.2, 0.25) is 10.0 Å². The van der Waals surface area contributed by atoms with Gasteiger partial charge in [-0.3, -0.25) is 4.79 Å². The standard InChI is InChI=1S/C26H26FN3O3S2/c1-3-17-30-24-22(27)11-8-12-23(24)34-26(30)28-25(31)20-13-15-21(16-14-20)35(32,33)29(4-2)18-19-9-6-5-7-10-19/h5-16H,3-4,17-18H2,1-2H3. The second kappa shape index (κ2) is 10.6. The summed E-state index contributed by atoms with van der Waals surface area (Å²) in [5, 5.41) is 0. The van der Waals surface area contributed by atoms with Crippen LogP contribution in [0.25, 0.3) is 10.2 Å². The summed E-state index contributed by atoms with van der Waals surface area (Å²) in [5.41, 5.74) is 1.59. The lowest BCUT2D eigenvalue weighted by Gasteiger charge is -2.20. The molecule has 35 heavy (non-hydrogen) atoms. The maximum atomic E-state index is 14.4. The van der Waals surface area contributed by atoms with E-state index in [4.69, 9.17) is 0 Å². The predicted octanol–water partition coefficient (Wildman–Crippen LogP) is 5.20. The Bertz CT molecular complexity index is 1510. The van der Waals surface area contributed by atoms with Gasteiger partial charge >= 0.3 is 0 Å². The third kappa shape index (κ3) is 5.27. The van der Waals surface area contributed by atoms with Crippen LogP contribution in [0.3, 0.4) is 0 Å². The number of carbonyl (C=O) groups excluding carboxylic acids is 1. The number of carbonyl (C=O) groups is 1. The van der Waals surface area contributed by atoms with Crippen molar-refractivity contribution in [2.45, 2.75) is 38.3 Å². The van der Waals surface area contributed by atoms with Crippen LogP contribution in [0.5, 0.6) is 0 Å². The molecule has 0 unspecified atom stereocenters. The Morgan fingerprint density at radius 3 is 2.37 bits per heavy atom. The molecule has 0 aliphatic carbocycles. The van der Waals surface area contributed by atoms with Crippen molar-refractivity contribution in [1.29, 1.82) is 0 Å². The van der Waals surface area contributed by atoms with Gasteiger partial charge in [-0.05, 0) is 48.4 Å². The Kier molecular flexibility index (Phi) is 7.59. The first-order chi connectivity index (χ1) is 16.8. The monoisotopic (exact) mass is 511 g/mol. The lowest BCUT2D eigenvalue weighted by molar-refractivity contribution is 0.0997. The van der Waals surface area contributed by atoms with E-state index in [-0.39, 0.29) is 22.8 Å². The number of hydrogen-bond acceptors (Lipinski definition) is 4. The molecule has 182 valence electrons. The third-order valence-electron chi connectivity index (χ3n) is 5.59. The van der Waals surface area contributed by atoms with Gasteiger partial charge in [0.15, 0.2) is 4.80 Å². The molecular formula is C26H26FN3O3S2. The molecule has 0 aliphatic rings. The molecule has 1 amide bonds. The molecular weight excluding hydrogens is 485 g/mol. The summed E-state index contributed by atoms with van der Waals surface area (Å²) in [6.45, 7) is 4.86. The molecule has 0 saturated carbocycles. The van der Waals surface area contributed by atoms with Gasteiger partial charge in [0.25, 0.3) is 5.91 Å². The zero-order chi connectivity index (χ0) is 25.0. The Labute approximate surface area is 208 Å². The smallest absolute Gasteiger partial charge is 0.279 e. The fraction of sp³-hybridized carbons (Fsp3) is 0.231. The first-order valence-electron chi connectivity index (χ1n) is 11.4. The van der Waals surface area contributed by atoms with Crippen LogP contribution in [-0.2, 0) is 23.1 Å². The van der Waals surface area contributed by atoms with E-state index in [0.717, 1.165) is 12.0 Å². The van der Waals surface area contributed by atoms with E-state index in [1.165, 1.54) is 46.0 Å². The van der Waals surface area contributed by atoms with E-state index < -0.39 is 15.9 Å². The summed E-state index contributed by atoms with van der Waals surface area (Å²) in [6, 6.07) is 20.0. The number of aromatic nitrogens is 1. The number of thiazole rings is 1. The summed E-state index contributed by atoms with van der Waals surface area (Å²) in [6.07, 6.45) is 0.755. The molecule has 9 heteroatoms. The first kappa shape index (κ1) is 25.0. The van der Waals surface area contributed by atoms with E-state index in [2.05, 4.69) is 4.99 Å². The molecule has 0 atom stereocenters. The molecule has 0 fully saturated rings.